The van der Waals surface area contributed by atoms with Crippen molar-refractivity contribution in [3.8, 4) is 5.69 Å². The average Bonchev–Trinajstić information content (AvgIpc) is 3.29. The van der Waals surface area contributed by atoms with Gasteiger partial charge in [0.1, 0.15) is 18.5 Å². The zero-order valence-electron chi connectivity index (χ0n) is 13.5. The van der Waals surface area contributed by atoms with Crippen LogP contribution in [-0.2, 0) is 0 Å². The first kappa shape index (κ1) is 15.5. The summed E-state index contributed by atoms with van der Waals surface area (Å²) in [6, 6.07) is 3.80. The van der Waals surface area contributed by atoms with Gasteiger partial charge in [0, 0.05) is 18.1 Å². The monoisotopic (exact) mass is 352 g/mol. The molecule has 0 saturated carbocycles. The molecule has 4 aromatic heterocycles. The maximum absolute atomic E-state index is 4.64. The second-order valence-corrected chi connectivity index (χ2v) is 6.09. The van der Waals surface area contributed by atoms with Crippen molar-refractivity contribution in [3.63, 3.8) is 0 Å². The van der Waals surface area contributed by atoms with E-state index in [0.29, 0.717) is 17.6 Å². The molecule has 9 heteroatoms. The van der Waals surface area contributed by atoms with Gasteiger partial charge in [0.2, 0.25) is 5.95 Å². The summed E-state index contributed by atoms with van der Waals surface area (Å²) in [6.07, 6.45) is 5.91. The molecule has 0 fully saturated rings. The molecule has 4 rings (SSSR count). The van der Waals surface area contributed by atoms with Crippen molar-refractivity contribution in [2.24, 2.45) is 0 Å². The van der Waals surface area contributed by atoms with Crippen LogP contribution >= 0.6 is 11.3 Å². The van der Waals surface area contributed by atoms with E-state index in [1.165, 1.54) is 6.33 Å². The largest absolute Gasteiger partial charge is 0.368 e. The van der Waals surface area contributed by atoms with Gasteiger partial charge >= 0.3 is 0 Å². The number of anilines is 3. The standard InChI is InChI=1S/C16H16N8S/c1-2-5-18-14-13-15(24(10-20-13)11-4-7-25-8-11)23-16(22-14)21-12-3-6-17-9-19-12/h3-4,6-10H,2,5H2,1H3,(H2,17,18,19,21,22,23). The van der Waals surface area contributed by atoms with Crippen LogP contribution in [0.1, 0.15) is 13.3 Å². The molecule has 0 spiro atoms. The van der Waals surface area contributed by atoms with Crippen molar-refractivity contribution in [1.82, 2.24) is 29.5 Å². The third-order valence-corrected chi connectivity index (χ3v) is 4.22. The van der Waals surface area contributed by atoms with Crippen molar-refractivity contribution in [3.05, 3.63) is 41.7 Å². The van der Waals surface area contributed by atoms with Gasteiger partial charge in [-0.1, -0.05) is 6.92 Å². The van der Waals surface area contributed by atoms with Crippen LogP contribution in [0.25, 0.3) is 16.9 Å². The van der Waals surface area contributed by atoms with Gasteiger partial charge in [0.05, 0.1) is 5.69 Å². The molecule has 0 bridgehead atoms. The molecule has 4 heterocycles. The molecule has 0 saturated heterocycles. The van der Waals surface area contributed by atoms with E-state index in [-0.39, 0.29) is 0 Å². The number of hydrogen-bond donors (Lipinski definition) is 2. The highest BCUT2D eigenvalue weighted by molar-refractivity contribution is 7.08. The fourth-order valence-electron chi connectivity index (χ4n) is 2.39. The minimum Gasteiger partial charge on any atom is -0.368 e. The second-order valence-electron chi connectivity index (χ2n) is 5.31. The first-order chi connectivity index (χ1) is 12.3. The number of thiophene rings is 1. The number of fused-ring (bicyclic) bond motifs is 1. The van der Waals surface area contributed by atoms with Gasteiger partial charge < -0.3 is 10.6 Å². The highest BCUT2D eigenvalue weighted by atomic mass is 32.1. The SMILES string of the molecule is CCCNc1nc(Nc2ccncn2)nc2c1ncn2-c1ccsc1. The molecule has 4 aromatic rings. The molecule has 0 aromatic carbocycles. The van der Waals surface area contributed by atoms with E-state index in [2.05, 4.69) is 47.9 Å². The van der Waals surface area contributed by atoms with E-state index in [0.717, 1.165) is 29.8 Å². The number of hydrogen-bond acceptors (Lipinski definition) is 8. The Balaban J connectivity index is 1.81. The quantitative estimate of drug-likeness (QED) is 0.550. The highest BCUT2D eigenvalue weighted by Gasteiger charge is 2.14. The Labute approximate surface area is 148 Å². The van der Waals surface area contributed by atoms with E-state index >= 15 is 0 Å². The molecule has 126 valence electrons. The fourth-order valence-corrected chi connectivity index (χ4v) is 3.01. The predicted octanol–water partition coefficient (Wildman–Crippen LogP) is 3.23. The third kappa shape index (κ3) is 3.13. The van der Waals surface area contributed by atoms with Crippen LogP contribution in [0.4, 0.5) is 17.6 Å². The lowest BCUT2D eigenvalue weighted by molar-refractivity contribution is 0.968. The molecule has 0 atom stereocenters. The predicted molar refractivity (Wildman–Crippen MR) is 98.6 cm³/mol. The molecule has 8 nitrogen and oxygen atoms in total. The first-order valence-electron chi connectivity index (χ1n) is 7.89. The minimum atomic E-state index is 0.460. The summed E-state index contributed by atoms with van der Waals surface area (Å²) >= 11 is 1.63. The Kier molecular flexibility index (Phi) is 4.21. The summed E-state index contributed by atoms with van der Waals surface area (Å²) in [7, 11) is 0. The van der Waals surface area contributed by atoms with Crippen LogP contribution in [0.5, 0.6) is 0 Å². The molecule has 0 amide bonds. The molecular weight excluding hydrogens is 336 g/mol. The van der Waals surface area contributed by atoms with E-state index in [1.807, 2.05) is 16.0 Å². The van der Waals surface area contributed by atoms with E-state index in [9.17, 15) is 0 Å². The summed E-state index contributed by atoms with van der Waals surface area (Å²) in [6.45, 7) is 2.92. The van der Waals surface area contributed by atoms with Gasteiger partial charge in [0.15, 0.2) is 17.0 Å². The number of nitrogens with one attached hydrogen (secondary N) is 2. The van der Waals surface area contributed by atoms with Crippen LogP contribution < -0.4 is 10.6 Å². The first-order valence-corrected chi connectivity index (χ1v) is 8.84. The molecule has 0 radical (unpaired) electrons. The molecule has 0 aliphatic rings. The molecule has 25 heavy (non-hydrogen) atoms. The minimum absolute atomic E-state index is 0.460. The summed E-state index contributed by atoms with van der Waals surface area (Å²) in [5, 5.41) is 10.5. The van der Waals surface area contributed by atoms with Crippen LogP contribution in [0, 0.1) is 0 Å². The summed E-state index contributed by atoms with van der Waals surface area (Å²) < 4.78 is 1.95. The van der Waals surface area contributed by atoms with Crippen LogP contribution in [0.15, 0.2) is 41.7 Å². The van der Waals surface area contributed by atoms with Crippen LogP contribution in [0.2, 0.25) is 0 Å². The highest BCUT2D eigenvalue weighted by Crippen LogP contribution is 2.25. The molecule has 0 aliphatic carbocycles. The third-order valence-electron chi connectivity index (χ3n) is 3.54. The molecular formula is C16H16N8S. The van der Waals surface area contributed by atoms with E-state index < -0.39 is 0 Å². The lowest BCUT2D eigenvalue weighted by Crippen LogP contribution is -2.07. The van der Waals surface area contributed by atoms with Gasteiger partial charge in [-0.2, -0.15) is 21.3 Å². The zero-order valence-corrected chi connectivity index (χ0v) is 14.4. The normalized spacial score (nSPS) is 10.9. The molecule has 0 aliphatic heterocycles. The van der Waals surface area contributed by atoms with Crippen LogP contribution in [-0.4, -0.2) is 36.0 Å². The summed E-state index contributed by atoms with van der Waals surface area (Å²) in [5.41, 5.74) is 2.51. The van der Waals surface area contributed by atoms with E-state index in [1.54, 1.807) is 29.9 Å². The van der Waals surface area contributed by atoms with Crippen molar-refractivity contribution >= 4 is 40.1 Å². The Hall–Kier alpha value is -3.07. The van der Waals surface area contributed by atoms with Gasteiger partial charge in [-0.15, -0.1) is 0 Å². The lowest BCUT2D eigenvalue weighted by atomic mass is 10.4. The van der Waals surface area contributed by atoms with Crippen molar-refractivity contribution in [2.45, 2.75) is 13.3 Å². The summed E-state index contributed by atoms with van der Waals surface area (Å²) in [5.74, 6) is 1.80. The topological polar surface area (TPSA) is 93.4 Å². The van der Waals surface area contributed by atoms with Gasteiger partial charge in [-0.3, -0.25) is 4.57 Å². The Morgan fingerprint density at radius 2 is 2.16 bits per heavy atom. The maximum Gasteiger partial charge on any atom is 0.232 e. The number of rotatable bonds is 6. The van der Waals surface area contributed by atoms with Crippen molar-refractivity contribution < 1.29 is 0 Å². The average molecular weight is 352 g/mol. The Morgan fingerprint density at radius 3 is 2.92 bits per heavy atom. The molecule has 2 N–H and O–H groups in total. The van der Waals surface area contributed by atoms with Gasteiger partial charge in [-0.05, 0) is 23.9 Å². The fraction of sp³-hybridized carbons (Fsp3) is 0.188. The van der Waals surface area contributed by atoms with Gasteiger partial charge in [0.25, 0.3) is 0 Å². The van der Waals surface area contributed by atoms with Crippen molar-refractivity contribution in [2.75, 3.05) is 17.2 Å². The van der Waals surface area contributed by atoms with E-state index in [4.69, 9.17) is 0 Å². The Morgan fingerprint density at radius 1 is 1.20 bits per heavy atom. The number of nitrogens with zero attached hydrogens (tertiary/aromatic N) is 6. The Bertz CT molecular complexity index is 965. The molecule has 0 unspecified atom stereocenters. The van der Waals surface area contributed by atoms with Gasteiger partial charge in [-0.25, -0.2) is 15.0 Å². The number of imidazole rings is 1. The maximum atomic E-state index is 4.64. The summed E-state index contributed by atoms with van der Waals surface area (Å²) in [4.78, 5) is 21.8. The van der Waals surface area contributed by atoms with Crippen molar-refractivity contribution in [1.29, 1.82) is 0 Å². The van der Waals surface area contributed by atoms with Crippen LogP contribution in [0.3, 0.4) is 0 Å². The lowest BCUT2D eigenvalue weighted by Gasteiger charge is -2.09. The zero-order chi connectivity index (χ0) is 17.1. The smallest absolute Gasteiger partial charge is 0.232 e. The second kappa shape index (κ2) is 6.81. The number of aromatic nitrogens is 6.